The molecule has 0 saturated heterocycles. The van der Waals surface area contributed by atoms with E-state index in [9.17, 15) is 0 Å². The Kier molecular flexibility index (Phi) is 9.55. The van der Waals surface area contributed by atoms with Crippen LogP contribution in [-0.2, 0) is 0 Å². The average Bonchev–Trinajstić information content (AvgIpc) is 3.23. The summed E-state index contributed by atoms with van der Waals surface area (Å²) in [7, 11) is 0. The van der Waals surface area contributed by atoms with Crippen LogP contribution in [-0.4, -0.2) is 0 Å². The molecule has 0 atom stereocenters. The first-order valence-corrected chi connectivity index (χ1v) is 20.0. The van der Waals surface area contributed by atoms with Gasteiger partial charge < -0.3 is 0 Å². The number of fused-ring (bicyclic) bond motifs is 4. The molecule has 0 bridgehead atoms. The molecule has 0 radical (unpaired) electrons. The Balaban J connectivity index is 0.000000142. The third-order valence-electron chi connectivity index (χ3n) is 10.2. The molecule has 0 unspecified atom stereocenters. The van der Waals surface area contributed by atoms with Gasteiger partial charge in [-0.1, -0.05) is 198 Å². The summed E-state index contributed by atoms with van der Waals surface area (Å²) in [5.74, 6) is 0. The molecule has 0 N–H and O–H groups in total. The van der Waals surface area contributed by atoms with Gasteiger partial charge in [0.2, 0.25) is 0 Å². The minimum absolute atomic E-state index is 1.10. The first kappa shape index (κ1) is 34.2. The summed E-state index contributed by atoms with van der Waals surface area (Å²) in [4.78, 5) is 0. The second-order valence-corrected chi connectivity index (χ2v) is 15.6. The molecule has 256 valence electrons. The van der Waals surface area contributed by atoms with Gasteiger partial charge in [0.1, 0.15) is 0 Å². The molecule has 0 aromatic heterocycles. The summed E-state index contributed by atoms with van der Waals surface area (Å²) in [6.45, 7) is 0. The molecule has 10 aromatic rings. The van der Waals surface area contributed by atoms with Gasteiger partial charge in [0.05, 0.1) is 0 Å². The van der Waals surface area contributed by atoms with Gasteiger partial charge in [-0.05, 0) is 134 Å². The smallest absolute Gasteiger partial charge is 0.0181 e. The summed E-state index contributed by atoms with van der Waals surface area (Å²) in [6, 6.07) is 73.8. The maximum Gasteiger partial charge on any atom is 0.0181 e. The van der Waals surface area contributed by atoms with Crippen molar-refractivity contribution in [2.45, 2.75) is 0 Å². The van der Waals surface area contributed by atoms with Crippen LogP contribution in [0.2, 0.25) is 0 Å². The van der Waals surface area contributed by atoms with Gasteiger partial charge in [0.25, 0.3) is 0 Å². The van der Waals surface area contributed by atoms with Crippen molar-refractivity contribution in [3.63, 3.8) is 0 Å². The van der Waals surface area contributed by atoms with E-state index in [2.05, 4.69) is 245 Å². The lowest BCUT2D eigenvalue weighted by Crippen LogP contribution is -1.91. The Morgan fingerprint density at radius 2 is 0.537 bits per heavy atom. The van der Waals surface area contributed by atoms with Crippen LogP contribution in [0.15, 0.2) is 211 Å². The van der Waals surface area contributed by atoms with Gasteiger partial charge in [-0.25, -0.2) is 0 Å². The van der Waals surface area contributed by atoms with Crippen molar-refractivity contribution in [2.75, 3.05) is 0 Å². The van der Waals surface area contributed by atoms with E-state index >= 15 is 0 Å². The zero-order valence-corrected chi connectivity index (χ0v) is 33.1. The Labute approximate surface area is 338 Å². The lowest BCUT2D eigenvalue weighted by atomic mass is 9.86. The molecule has 0 aliphatic carbocycles. The summed E-state index contributed by atoms with van der Waals surface area (Å²) in [5, 5.41) is 10.3. The number of benzene rings is 10. The van der Waals surface area contributed by atoms with Crippen LogP contribution in [0.3, 0.4) is 0 Å². The van der Waals surface area contributed by atoms with Crippen molar-refractivity contribution in [1.29, 1.82) is 0 Å². The lowest BCUT2D eigenvalue weighted by Gasteiger charge is -2.18. The summed E-state index contributed by atoms with van der Waals surface area (Å²) < 4.78 is 2.35. The van der Waals surface area contributed by atoms with Gasteiger partial charge in [-0.3, -0.25) is 0 Å². The minimum Gasteiger partial charge on any atom is -0.0622 e. The zero-order valence-electron chi connectivity index (χ0n) is 29.4. The highest BCUT2D eigenvalue weighted by Crippen LogP contribution is 2.45. The second-order valence-electron chi connectivity index (χ2n) is 13.4. The van der Waals surface area contributed by atoms with Crippen molar-refractivity contribution in [2.24, 2.45) is 0 Å². The molecular weight excluding hydrogens is 831 g/mol. The third-order valence-corrected chi connectivity index (χ3v) is 11.4. The monoisotopic (exact) mass is 864 g/mol. The fourth-order valence-electron chi connectivity index (χ4n) is 7.96. The number of rotatable bonds is 4. The minimum atomic E-state index is 1.10. The molecule has 0 nitrogen and oxygen atoms in total. The number of hydrogen-bond acceptors (Lipinski definition) is 0. The van der Waals surface area contributed by atoms with Crippen molar-refractivity contribution in [3.8, 4) is 44.5 Å². The van der Waals surface area contributed by atoms with Crippen molar-refractivity contribution in [1.82, 2.24) is 0 Å². The van der Waals surface area contributed by atoms with Gasteiger partial charge in [0.15, 0.2) is 0 Å². The quantitative estimate of drug-likeness (QED) is 0.122. The average molecular weight is 866 g/mol. The molecule has 0 saturated carbocycles. The van der Waals surface area contributed by atoms with E-state index in [1.165, 1.54) is 91.2 Å². The highest BCUT2D eigenvalue weighted by atomic mass is 127. The van der Waals surface area contributed by atoms with Crippen LogP contribution in [0.25, 0.3) is 87.6 Å². The predicted octanol–water partition coefficient (Wildman–Crippen LogP) is 16.0. The van der Waals surface area contributed by atoms with E-state index in [-0.39, 0.29) is 0 Å². The first-order chi connectivity index (χ1) is 26.7. The van der Waals surface area contributed by atoms with Gasteiger partial charge in [-0.15, -0.1) is 0 Å². The van der Waals surface area contributed by atoms with Crippen LogP contribution in [0, 0.1) is 3.57 Å². The Morgan fingerprint density at radius 1 is 0.259 bits per heavy atom. The topological polar surface area (TPSA) is 0 Å². The maximum atomic E-state index is 3.68. The summed E-state index contributed by atoms with van der Waals surface area (Å²) >= 11 is 6.10. The molecule has 0 aliphatic rings. The molecule has 10 aromatic carbocycles. The highest BCUT2D eigenvalue weighted by Gasteiger charge is 2.18. The lowest BCUT2D eigenvalue weighted by molar-refractivity contribution is 1.64. The SMILES string of the molecule is Brc1ccc2c(-c3ccccc3)c3ccccc3c(-c3ccccc3)c2c1.Ic1ccc2c(-c3ccccc3)c3ccccc3c(-c3ccccc3)c2c1. The molecule has 0 amide bonds. The van der Waals surface area contributed by atoms with E-state index in [1.807, 2.05) is 0 Å². The molecule has 0 fully saturated rings. The molecule has 0 spiro atoms. The summed E-state index contributed by atoms with van der Waals surface area (Å²) in [5.41, 5.74) is 10.3. The Hall–Kier alpha value is -5.55. The fourth-order valence-corrected chi connectivity index (χ4v) is 8.82. The highest BCUT2D eigenvalue weighted by molar-refractivity contribution is 14.1. The van der Waals surface area contributed by atoms with Crippen LogP contribution < -0.4 is 0 Å². The fraction of sp³-hybridized carbons (Fsp3) is 0. The van der Waals surface area contributed by atoms with E-state index in [0.29, 0.717) is 0 Å². The number of halogens is 2. The van der Waals surface area contributed by atoms with Crippen molar-refractivity contribution >= 4 is 81.6 Å². The second kappa shape index (κ2) is 15.1. The zero-order chi connectivity index (χ0) is 36.4. The Morgan fingerprint density at radius 3 is 0.907 bits per heavy atom. The Bertz CT molecular complexity index is 2720. The van der Waals surface area contributed by atoms with Gasteiger partial charge >= 0.3 is 0 Å². The molecule has 2 heteroatoms. The molecule has 54 heavy (non-hydrogen) atoms. The third kappa shape index (κ3) is 6.40. The van der Waals surface area contributed by atoms with E-state index < -0.39 is 0 Å². The summed E-state index contributed by atoms with van der Waals surface area (Å²) in [6.07, 6.45) is 0. The first-order valence-electron chi connectivity index (χ1n) is 18.2. The van der Waals surface area contributed by atoms with Crippen LogP contribution in [0.1, 0.15) is 0 Å². The van der Waals surface area contributed by atoms with Crippen LogP contribution in [0.5, 0.6) is 0 Å². The van der Waals surface area contributed by atoms with E-state index in [1.54, 1.807) is 0 Å². The van der Waals surface area contributed by atoms with E-state index in [4.69, 9.17) is 0 Å². The standard InChI is InChI=1S/C26H17Br.C26H17I/c2*27-20-15-16-23-24(17-20)26(19-11-5-2-6-12-19)22-14-8-7-13-21(22)25(23)18-9-3-1-4-10-18/h2*1-17H. The van der Waals surface area contributed by atoms with Gasteiger partial charge in [0, 0.05) is 8.04 Å². The normalized spacial score (nSPS) is 11.1. The van der Waals surface area contributed by atoms with E-state index in [0.717, 1.165) is 4.47 Å². The molecule has 0 heterocycles. The largest absolute Gasteiger partial charge is 0.0622 e. The maximum absolute atomic E-state index is 3.68. The van der Waals surface area contributed by atoms with Gasteiger partial charge in [-0.2, -0.15) is 0 Å². The molecule has 10 rings (SSSR count). The van der Waals surface area contributed by atoms with Crippen LogP contribution in [0.4, 0.5) is 0 Å². The van der Waals surface area contributed by atoms with Crippen LogP contribution >= 0.6 is 38.5 Å². The van der Waals surface area contributed by atoms with Crippen molar-refractivity contribution < 1.29 is 0 Å². The molecular formula is C52H34BrI. The number of hydrogen-bond donors (Lipinski definition) is 0. The molecule has 0 aliphatic heterocycles. The predicted molar refractivity (Wildman–Crippen MR) is 245 cm³/mol. The van der Waals surface area contributed by atoms with Crippen molar-refractivity contribution in [3.05, 3.63) is 214 Å².